The van der Waals surface area contributed by atoms with Gasteiger partial charge in [-0.25, -0.2) is 43.9 Å². The highest BCUT2D eigenvalue weighted by atomic mass is 19.2. The molecule has 0 unspecified atom stereocenters. The molecule has 0 aliphatic rings. The third-order valence-corrected chi connectivity index (χ3v) is 3.54. The maximum Gasteiger partial charge on any atom is 0.200 e. The summed E-state index contributed by atoms with van der Waals surface area (Å²) in [4.78, 5) is 0. The third kappa shape index (κ3) is 2.78. The van der Waals surface area contributed by atoms with E-state index in [2.05, 4.69) is 0 Å². The van der Waals surface area contributed by atoms with Gasteiger partial charge in [0, 0.05) is 11.1 Å². The second-order valence-electron chi connectivity index (χ2n) is 5.02. The first kappa shape index (κ1) is 20.0. The van der Waals surface area contributed by atoms with Gasteiger partial charge in [0.15, 0.2) is 46.5 Å². The molecule has 0 aromatic heterocycles. The molecule has 0 saturated heterocycles. The SMILES string of the molecule is N[C@H](c1c(F)c(F)c(F)c(F)c1F)[C@@H](N)c1c(F)c(F)c(F)c(F)c1F. The molecule has 26 heavy (non-hydrogen) atoms. The van der Waals surface area contributed by atoms with Crippen LogP contribution in [0, 0.1) is 58.2 Å². The molecular formula is C14H6F10N2. The van der Waals surface area contributed by atoms with Gasteiger partial charge in [-0.3, -0.25) is 0 Å². The average molecular weight is 392 g/mol. The van der Waals surface area contributed by atoms with E-state index in [0.29, 0.717) is 0 Å². The molecule has 0 bridgehead atoms. The quantitative estimate of drug-likeness (QED) is 0.475. The summed E-state index contributed by atoms with van der Waals surface area (Å²) in [5.41, 5.74) is 6.85. The molecule has 0 aliphatic carbocycles. The smallest absolute Gasteiger partial charge is 0.200 e. The second-order valence-corrected chi connectivity index (χ2v) is 5.02. The average Bonchev–Trinajstić information content (AvgIpc) is 2.61. The van der Waals surface area contributed by atoms with Crippen LogP contribution in [0.15, 0.2) is 0 Å². The molecule has 2 atom stereocenters. The van der Waals surface area contributed by atoms with Crippen LogP contribution in [0.5, 0.6) is 0 Å². The number of rotatable bonds is 3. The number of halogens is 10. The second kappa shape index (κ2) is 6.76. The molecule has 0 amide bonds. The Morgan fingerprint density at radius 2 is 0.500 bits per heavy atom. The molecule has 0 radical (unpaired) electrons. The molecule has 2 nitrogen and oxygen atoms in total. The summed E-state index contributed by atoms with van der Waals surface area (Å²) in [6.07, 6.45) is 0. The minimum atomic E-state index is -2.55. The van der Waals surface area contributed by atoms with Crippen molar-refractivity contribution < 1.29 is 43.9 Å². The minimum absolute atomic E-state index is 1.78. The fourth-order valence-corrected chi connectivity index (χ4v) is 2.19. The van der Waals surface area contributed by atoms with E-state index in [4.69, 9.17) is 11.5 Å². The summed E-state index contributed by atoms with van der Waals surface area (Å²) in [7, 11) is 0. The predicted molar refractivity (Wildman–Crippen MR) is 66.3 cm³/mol. The Hall–Kier alpha value is -2.34. The predicted octanol–water partition coefficient (Wildman–Crippen LogP) is 3.78. The fourth-order valence-electron chi connectivity index (χ4n) is 2.19. The molecule has 0 fully saturated rings. The van der Waals surface area contributed by atoms with E-state index in [0.717, 1.165) is 0 Å². The van der Waals surface area contributed by atoms with Crippen LogP contribution in [-0.2, 0) is 0 Å². The summed E-state index contributed by atoms with van der Waals surface area (Å²) >= 11 is 0. The minimum Gasteiger partial charge on any atom is -0.322 e. The Morgan fingerprint density at radius 1 is 0.346 bits per heavy atom. The monoisotopic (exact) mass is 392 g/mol. The van der Waals surface area contributed by atoms with Gasteiger partial charge in [0.1, 0.15) is 0 Å². The molecule has 0 spiro atoms. The number of hydrogen-bond acceptors (Lipinski definition) is 2. The van der Waals surface area contributed by atoms with Crippen LogP contribution in [0.3, 0.4) is 0 Å². The lowest BCUT2D eigenvalue weighted by Crippen LogP contribution is -2.31. The van der Waals surface area contributed by atoms with E-state index in [1.807, 2.05) is 0 Å². The zero-order valence-electron chi connectivity index (χ0n) is 12.1. The molecule has 142 valence electrons. The van der Waals surface area contributed by atoms with Crippen LogP contribution >= 0.6 is 0 Å². The fraction of sp³-hybridized carbons (Fsp3) is 0.143. The van der Waals surface area contributed by atoms with Crippen LogP contribution < -0.4 is 11.5 Å². The highest BCUT2D eigenvalue weighted by Gasteiger charge is 2.36. The highest BCUT2D eigenvalue weighted by Crippen LogP contribution is 2.35. The number of benzene rings is 2. The summed E-state index contributed by atoms with van der Waals surface area (Å²) in [5, 5.41) is 0. The van der Waals surface area contributed by atoms with Crippen molar-refractivity contribution in [2.75, 3.05) is 0 Å². The Bertz CT molecular complexity index is 767. The molecule has 0 aliphatic heterocycles. The van der Waals surface area contributed by atoms with Crippen molar-refractivity contribution in [1.29, 1.82) is 0 Å². The van der Waals surface area contributed by atoms with Gasteiger partial charge < -0.3 is 11.5 Å². The molecule has 0 heterocycles. The Balaban J connectivity index is 2.69. The molecule has 2 aromatic rings. The van der Waals surface area contributed by atoms with Gasteiger partial charge >= 0.3 is 0 Å². The van der Waals surface area contributed by atoms with Crippen molar-refractivity contribution in [3.63, 3.8) is 0 Å². The molecule has 2 rings (SSSR count). The number of hydrogen-bond donors (Lipinski definition) is 2. The number of nitrogens with two attached hydrogens (primary N) is 2. The van der Waals surface area contributed by atoms with Gasteiger partial charge in [0.2, 0.25) is 11.6 Å². The van der Waals surface area contributed by atoms with Crippen LogP contribution in [0.2, 0.25) is 0 Å². The standard InChI is InChI=1S/C14H6F10N2/c15-3-1(4(16)8(20)11(23)7(3)19)13(25)14(26)2-5(17)9(21)12(24)10(22)6(2)18/h13-14H,25-26H2/t13-,14+. The van der Waals surface area contributed by atoms with E-state index in [1.54, 1.807) is 0 Å². The Kier molecular flexibility index (Phi) is 5.19. The molecule has 2 aromatic carbocycles. The van der Waals surface area contributed by atoms with Crippen molar-refractivity contribution >= 4 is 0 Å². The zero-order valence-corrected chi connectivity index (χ0v) is 12.1. The largest absolute Gasteiger partial charge is 0.322 e. The van der Waals surface area contributed by atoms with Crippen LogP contribution in [0.1, 0.15) is 23.2 Å². The van der Waals surface area contributed by atoms with Crippen molar-refractivity contribution in [1.82, 2.24) is 0 Å². The first-order valence-corrected chi connectivity index (χ1v) is 6.47. The zero-order chi connectivity index (χ0) is 20.1. The van der Waals surface area contributed by atoms with E-state index in [9.17, 15) is 43.9 Å². The van der Waals surface area contributed by atoms with E-state index < -0.39 is 81.4 Å². The van der Waals surface area contributed by atoms with Gasteiger partial charge in [0.05, 0.1) is 12.1 Å². The molecular weight excluding hydrogens is 386 g/mol. The van der Waals surface area contributed by atoms with E-state index >= 15 is 0 Å². The van der Waals surface area contributed by atoms with Gasteiger partial charge in [-0.1, -0.05) is 0 Å². The van der Waals surface area contributed by atoms with Crippen molar-refractivity contribution in [2.24, 2.45) is 11.5 Å². The van der Waals surface area contributed by atoms with Gasteiger partial charge in [-0.05, 0) is 0 Å². The first-order valence-electron chi connectivity index (χ1n) is 6.47. The van der Waals surface area contributed by atoms with E-state index in [-0.39, 0.29) is 0 Å². The van der Waals surface area contributed by atoms with Gasteiger partial charge in [-0.15, -0.1) is 0 Å². The lowest BCUT2D eigenvalue weighted by atomic mass is 9.92. The summed E-state index contributed by atoms with van der Waals surface area (Å²) in [6.45, 7) is 0. The summed E-state index contributed by atoms with van der Waals surface area (Å²) in [5.74, 6) is -24.7. The summed E-state index contributed by atoms with van der Waals surface area (Å²) < 4.78 is 134. The molecule has 12 heteroatoms. The topological polar surface area (TPSA) is 52.0 Å². The van der Waals surface area contributed by atoms with E-state index in [1.165, 1.54) is 0 Å². The van der Waals surface area contributed by atoms with Gasteiger partial charge in [-0.2, -0.15) is 0 Å². The maximum atomic E-state index is 13.7. The van der Waals surface area contributed by atoms with Gasteiger partial charge in [0.25, 0.3) is 0 Å². The molecule has 0 saturated carbocycles. The Morgan fingerprint density at radius 3 is 0.692 bits per heavy atom. The third-order valence-electron chi connectivity index (χ3n) is 3.54. The normalized spacial score (nSPS) is 13.8. The highest BCUT2D eigenvalue weighted by molar-refractivity contribution is 5.33. The van der Waals surface area contributed by atoms with Crippen molar-refractivity contribution in [2.45, 2.75) is 12.1 Å². The molecule has 4 N–H and O–H groups in total. The maximum absolute atomic E-state index is 13.7. The van der Waals surface area contributed by atoms with Crippen molar-refractivity contribution in [3.8, 4) is 0 Å². The lowest BCUT2D eigenvalue weighted by Gasteiger charge is -2.23. The van der Waals surface area contributed by atoms with Crippen LogP contribution in [0.4, 0.5) is 43.9 Å². The van der Waals surface area contributed by atoms with Crippen molar-refractivity contribution in [3.05, 3.63) is 69.3 Å². The van der Waals surface area contributed by atoms with Crippen LogP contribution in [0.25, 0.3) is 0 Å². The Labute approximate surface area is 138 Å². The lowest BCUT2D eigenvalue weighted by molar-refractivity contribution is 0.343. The van der Waals surface area contributed by atoms with Crippen LogP contribution in [-0.4, -0.2) is 0 Å². The first-order chi connectivity index (χ1) is 11.9. The summed E-state index contributed by atoms with van der Waals surface area (Å²) in [6, 6.07) is -5.10.